The van der Waals surface area contributed by atoms with Crippen molar-refractivity contribution >= 4 is 69.6 Å². The second-order valence-corrected chi connectivity index (χ2v) is 28.3. The number of hydrogen-bond acceptors (Lipinski definition) is 13. The number of sulfone groups is 1. The third-order valence-corrected chi connectivity index (χ3v) is 11.7. The molecule has 4 aromatic rings. The molecule has 252 valence electrons. The summed E-state index contributed by atoms with van der Waals surface area (Å²) in [5.41, 5.74) is 0. The molecule has 0 N–H and O–H groups in total. The second kappa shape index (κ2) is 16.9. The van der Waals surface area contributed by atoms with E-state index >= 15 is 0 Å². The Morgan fingerprint density at radius 2 is 1.13 bits per heavy atom. The van der Waals surface area contributed by atoms with Crippen molar-refractivity contribution in [2.24, 2.45) is 0 Å². The molecule has 0 unspecified atom stereocenters. The average Bonchev–Trinajstić information content (AvgIpc) is 3.58. The molecule has 46 heavy (non-hydrogen) atoms. The van der Waals surface area contributed by atoms with Crippen LogP contribution in [0.3, 0.4) is 0 Å². The molecule has 14 nitrogen and oxygen atoms in total. The van der Waals surface area contributed by atoms with E-state index < -0.39 is 26.0 Å². The van der Waals surface area contributed by atoms with Crippen LogP contribution in [0.2, 0.25) is 51.4 Å². The summed E-state index contributed by atoms with van der Waals surface area (Å²) in [7, 11) is -5.82. The maximum atomic E-state index is 11.9. The van der Waals surface area contributed by atoms with Crippen molar-refractivity contribution in [3.05, 3.63) is 33.7 Å². The van der Waals surface area contributed by atoms with Crippen LogP contribution in [0.1, 0.15) is 0 Å². The van der Waals surface area contributed by atoms with Gasteiger partial charge in [-0.1, -0.05) is 51.0 Å². The summed E-state index contributed by atoms with van der Waals surface area (Å²) >= 11 is 8.09. The molecule has 0 aliphatic carbocycles. The van der Waals surface area contributed by atoms with E-state index in [2.05, 4.69) is 111 Å². The zero-order chi connectivity index (χ0) is 34.1. The third-order valence-electron chi connectivity index (χ3n) is 5.85. The van der Waals surface area contributed by atoms with Crippen LogP contribution in [-0.4, -0.2) is 99.8 Å². The molecule has 0 amide bonds. The van der Waals surface area contributed by atoms with E-state index in [9.17, 15) is 8.42 Å². The molecule has 4 heterocycles. The Labute approximate surface area is 293 Å². The first-order chi connectivity index (χ1) is 21.4. The third kappa shape index (κ3) is 12.9. The van der Waals surface area contributed by atoms with Crippen LogP contribution in [0, 0.1) is 0 Å². The monoisotopic (exact) mass is 834 g/mol. The molecule has 4 aromatic heterocycles. The van der Waals surface area contributed by atoms with Crippen molar-refractivity contribution in [3.63, 3.8) is 0 Å². The molecule has 0 aliphatic heterocycles. The smallest absolute Gasteiger partial charge is 0.248 e. The Balaban J connectivity index is 0.000000251. The van der Waals surface area contributed by atoms with Crippen LogP contribution in [0.5, 0.6) is 0 Å². The number of thioether (sulfide) groups is 1. The van der Waals surface area contributed by atoms with Gasteiger partial charge < -0.3 is 9.47 Å². The number of ether oxygens (including phenoxy) is 2. The minimum Gasteiger partial charge on any atom is -0.359 e. The van der Waals surface area contributed by atoms with Gasteiger partial charge in [-0.25, -0.2) is 37.7 Å². The summed E-state index contributed by atoms with van der Waals surface area (Å²) in [5, 5.41) is 9.27. The first-order valence-corrected chi connectivity index (χ1v) is 26.3. The van der Waals surface area contributed by atoms with Crippen molar-refractivity contribution in [2.45, 2.75) is 75.1 Å². The quantitative estimate of drug-likeness (QED) is 0.0858. The molecule has 0 atom stereocenters. The molecule has 0 bridgehead atoms. The Morgan fingerprint density at radius 1 is 0.717 bits per heavy atom. The fraction of sp³-hybridized carbons (Fsp3) is 0.538. The average molecular weight is 837 g/mol. The highest BCUT2D eigenvalue weighted by Crippen LogP contribution is 2.19. The van der Waals surface area contributed by atoms with Gasteiger partial charge in [0.2, 0.25) is 26.6 Å². The highest BCUT2D eigenvalue weighted by molar-refractivity contribution is 9.10. The van der Waals surface area contributed by atoms with Crippen LogP contribution >= 0.6 is 43.6 Å². The molecule has 0 spiro atoms. The minimum atomic E-state index is -3.54. The van der Waals surface area contributed by atoms with Gasteiger partial charge >= 0.3 is 0 Å². The molecule has 0 radical (unpaired) electrons. The highest BCUT2D eigenvalue weighted by atomic mass is 79.9. The normalized spacial score (nSPS) is 12.2. The lowest BCUT2D eigenvalue weighted by atomic mass is 10.5. The maximum absolute atomic E-state index is 11.9. The standard InChI is InChI=1S/C13H20BrN5O3SSi.C13H20BrN5OSSi/c1-23(20,21)13-17-12(11-15-7-10(14)8-16-11)18-19(13)9-22-5-6-24(2,3)4;1-21-13-17-12(11-15-7-10(14)8-16-11)18-19(13)9-20-5-6-22(2,3)4/h7-8H,5-6,9H2,1-4H3;7-8H,5-6,9H2,1-4H3. The van der Waals surface area contributed by atoms with Gasteiger partial charge in [-0.3, -0.25) is 0 Å². The van der Waals surface area contributed by atoms with Gasteiger partial charge in [0.05, 0.1) is 8.95 Å². The lowest BCUT2D eigenvalue weighted by Gasteiger charge is -2.15. The Hall–Kier alpha value is -1.95. The molecule has 0 fully saturated rings. The lowest BCUT2D eigenvalue weighted by molar-refractivity contribution is 0.0715. The molecular formula is C26H40Br2N10O4S2Si2. The van der Waals surface area contributed by atoms with Crippen molar-refractivity contribution in [3.8, 4) is 23.3 Å². The summed E-state index contributed by atoms with van der Waals surface area (Å²) in [5.74, 6) is 1.44. The molecule has 0 saturated heterocycles. The fourth-order valence-corrected chi connectivity index (χ4v) is 6.49. The van der Waals surface area contributed by atoms with E-state index in [1.807, 2.05) is 6.26 Å². The van der Waals surface area contributed by atoms with E-state index in [1.165, 1.54) is 16.4 Å². The maximum Gasteiger partial charge on any atom is 0.248 e. The van der Waals surface area contributed by atoms with Crippen molar-refractivity contribution in [1.29, 1.82) is 0 Å². The Bertz CT molecular complexity index is 1660. The number of aromatic nitrogens is 10. The molecular weight excluding hydrogens is 796 g/mol. The number of nitrogens with zero attached hydrogens (tertiary/aromatic N) is 10. The SMILES string of the molecule is CSc1nc(-c2ncc(Br)cn2)nn1COCC[Si](C)(C)C.C[Si](C)(C)CCOCn1nc(-c2ncc(Br)cn2)nc1S(C)(=O)=O. The highest BCUT2D eigenvalue weighted by Gasteiger charge is 2.22. The lowest BCUT2D eigenvalue weighted by Crippen LogP contribution is -2.22. The summed E-state index contributed by atoms with van der Waals surface area (Å²) in [6, 6.07) is 2.12. The van der Waals surface area contributed by atoms with Crippen LogP contribution in [0.15, 0.2) is 44.0 Å². The first kappa shape index (κ1) is 38.5. The van der Waals surface area contributed by atoms with Gasteiger partial charge in [-0.15, -0.1) is 10.2 Å². The van der Waals surface area contributed by atoms with Crippen LogP contribution < -0.4 is 0 Å². The molecule has 0 saturated carbocycles. The Morgan fingerprint density at radius 3 is 1.54 bits per heavy atom. The number of rotatable bonds is 14. The fourth-order valence-electron chi connectivity index (χ4n) is 3.35. The van der Waals surface area contributed by atoms with Crippen LogP contribution in [0.25, 0.3) is 23.3 Å². The molecule has 0 aliphatic rings. The number of halogens is 2. The van der Waals surface area contributed by atoms with Gasteiger partial charge in [0.15, 0.2) is 16.8 Å². The zero-order valence-corrected chi connectivity index (χ0v) is 34.0. The van der Waals surface area contributed by atoms with Crippen molar-refractivity contribution in [1.82, 2.24) is 49.5 Å². The van der Waals surface area contributed by atoms with Crippen molar-refractivity contribution in [2.75, 3.05) is 25.7 Å². The predicted octanol–water partition coefficient (Wildman–Crippen LogP) is 5.75. The minimum absolute atomic E-state index is 0.0242. The second-order valence-electron chi connectivity index (χ2n) is 12.6. The largest absolute Gasteiger partial charge is 0.359 e. The van der Waals surface area contributed by atoms with Crippen LogP contribution in [-0.2, 0) is 32.8 Å². The molecule has 20 heteroatoms. The molecule has 4 rings (SSSR count). The van der Waals surface area contributed by atoms with Gasteiger partial charge in [0.25, 0.3) is 0 Å². The summed E-state index contributed by atoms with van der Waals surface area (Å²) in [4.78, 5) is 25.1. The van der Waals surface area contributed by atoms with Crippen molar-refractivity contribution < 1.29 is 17.9 Å². The van der Waals surface area contributed by atoms with E-state index in [0.29, 0.717) is 29.5 Å². The van der Waals surface area contributed by atoms with E-state index in [1.54, 1.807) is 29.5 Å². The van der Waals surface area contributed by atoms with Gasteiger partial charge in [-0.05, 0) is 50.2 Å². The zero-order valence-electron chi connectivity index (χ0n) is 27.2. The van der Waals surface area contributed by atoms with E-state index in [4.69, 9.17) is 9.47 Å². The topological polar surface area (TPSA) is 166 Å². The van der Waals surface area contributed by atoms with Crippen LogP contribution in [0.4, 0.5) is 0 Å². The van der Waals surface area contributed by atoms with Gasteiger partial charge in [-0.2, -0.15) is 9.97 Å². The van der Waals surface area contributed by atoms with E-state index in [-0.39, 0.29) is 23.5 Å². The first-order valence-electron chi connectivity index (χ1n) is 14.2. The Kier molecular flexibility index (Phi) is 14.2. The van der Waals surface area contributed by atoms with Gasteiger partial charge in [0, 0.05) is 60.4 Å². The number of hydrogen-bond donors (Lipinski definition) is 0. The van der Waals surface area contributed by atoms with Gasteiger partial charge in [0.1, 0.15) is 13.5 Å². The predicted molar refractivity (Wildman–Crippen MR) is 191 cm³/mol. The van der Waals surface area contributed by atoms with E-state index in [0.717, 1.165) is 34.6 Å². The summed E-state index contributed by atoms with van der Waals surface area (Å²) in [6.07, 6.45) is 9.52. The summed E-state index contributed by atoms with van der Waals surface area (Å²) in [6.45, 7) is 15.5. The summed E-state index contributed by atoms with van der Waals surface area (Å²) < 4.78 is 39.7. The molecule has 0 aromatic carbocycles.